The number of aromatic amines is 1. The Morgan fingerprint density at radius 2 is 2.00 bits per heavy atom. The van der Waals surface area contributed by atoms with E-state index >= 15 is 0 Å². The molecule has 0 unspecified atom stereocenters. The van der Waals surface area contributed by atoms with Crippen LogP contribution in [0.25, 0.3) is 10.9 Å². The average Bonchev–Trinajstić information content (AvgIpc) is 2.89. The molecule has 21 heavy (non-hydrogen) atoms. The van der Waals surface area contributed by atoms with Crippen molar-refractivity contribution in [2.75, 3.05) is 7.11 Å². The first-order valence-corrected chi connectivity index (χ1v) is 6.25. The van der Waals surface area contributed by atoms with Gasteiger partial charge in [0.15, 0.2) is 0 Å². The van der Waals surface area contributed by atoms with E-state index in [-0.39, 0.29) is 16.9 Å². The molecule has 0 saturated heterocycles. The molecule has 2 aromatic carbocycles. The van der Waals surface area contributed by atoms with Crippen LogP contribution < -0.4 is 4.74 Å². The first-order chi connectivity index (χ1) is 10.1. The molecular formula is C16H11F2NO2. The van der Waals surface area contributed by atoms with Gasteiger partial charge in [-0.1, -0.05) is 6.07 Å². The van der Waals surface area contributed by atoms with Crippen LogP contribution >= 0.6 is 0 Å². The molecular weight excluding hydrogens is 276 g/mol. The summed E-state index contributed by atoms with van der Waals surface area (Å²) >= 11 is 0. The maximum Gasteiger partial charge on any atom is 0.201 e. The number of benzene rings is 2. The summed E-state index contributed by atoms with van der Waals surface area (Å²) in [5.74, 6) is -1.55. The van der Waals surface area contributed by atoms with Gasteiger partial charge in [-0.15, -0.1) is 0 Å². The summed E-state index contributed by atoms with van der Waals surface area (Å²) in [6.07, 6.45) is 1.44. The molecule has 3 aromatic rings. The highest BCUT2D eigenvalue weighted by atomic mass is 19.1. The number of fused-ring (bicyclic) bond motifs is 1. The Morgan fingerprint density at radius 1 is 1.19 bits per heavy atom. The van der Waals surface area contributed by atoms with Gasteiger partial charge >= 0.3 is 0 Å². The second kappa shape index (κ2) is 5.01. The summed E-state index contributed by atoms with van der Waals surface area (Å²) in [4.78, 5) is 15.4. The Hall–Kier alpha value is -2.69. The Morgan fingerprint density at radius 3 is 2.76 bits per heavy atom. The topological polar surface area (TPSA) is 42.1 Å². The minimum absolute atomic E-state index is 0.144. The molecule has 0 aliphatic carbocycles. The van der Waals surface area contributed by atoms with Crippen LogP contribution in [0.2, 0.25) is 0 Å². The number of carbonyl (C=O) groups excluding carboxylic acids is 1. The van der Waals surface area contributed by atoms with E-state index in [1.807, 2.05) is 0 Å². The van der Waals surface area contributed by atoms with Gasteiger partial charge in [0.1, 0.15) is 22.9 Å². The monoisotopic (exact) mass is 287 g/mol. The normalized spacial score (nSPS) is 10.8. The molecule has 0 atom stereocenters. The number of H-pyrrole nitrogens is 1. The lowest BCUT2D eigenvalue weighted by Gasteiger charge is -2.08. The van der Waals surface area contributed by atoms with Crippen LogP contribution in [-0.4, -0.2) is 17.9 Å². The molecule has 0 amide bonds. The maximum atomic E-state index is 14.0. The second-order valence-corrected chi connectivity index (χ2v) is 4.54. The van der Waals surface area contributed by atoms with Crippen molar-refractivity contribution in [3.8, 4) is 5.75 Å². The van der Waals surface area contributed by atoms with E-state index in [1.165, 1.54) is 49.7 Å². The molecule has 3 rings (SSSR count). The fourth-order valence-electron chi connectivity index (χ4n) is 2.31. The summed E-state index contributed by atoms with van der Waals surface area (Å²) in [7, 11) is 1.36. The van der Waals surface area contributed by atoms with Gasteiger partial charge in [0.2, 0.25) is 5.78 Å². The number of hydrogen-bond acceptors (Lipinski definition) is 2. The smallest absolute Gasteiger partial charge is 0.201 e. The Balaban J connectivity index is 2.20. The number of nitrogens with one attached hydrogen (secondary N) is 1. The third-order valence-corrected chi connectivity index (χ3v) is 3.31. The van der Waals surface area contributed by atoms with Gasteiger partial charge < -0.3 is 9.72 Å². The molecule has 0 saturated carbocycles. The molecule has 3 nitrogen and oxygen atoms in total. The fraction of sp³-hybridized carbons (Fsp3) is 0.0625. The minimum atomic E-state index is -0.676. The van der Waals surface area contributed by atoms with Crippen LogP contribution in [0.4, 0.5) is 8.78 Å². The van der Waals surface area contributed by atoms with Crippen molar-refractivity contribution in [3.63, 3.8) is 0 Å². The molecule has 0 fully saturated rings. The number of aromatic nitrogens is 1. The molecule has 0 bridgehead atoms. The van der Waals surface area contributed by atoms with E-state index in [9.17, 15) is 13.6 Å². The lowest BCUT2D eigenvalue weighted by atomic mass is 10.0. The quantitative estimate of drug-likeness (QED) is 0.746. The molecule has 5 heteroatoms. The van der Waals surface area contributed by atoms with Crippen molar-refractivity contribution in [3.05, 3.63) is 65.4 Å². The lowest BCUT2D eigenvalue weighted by molar-refractivity contribution is 0.103. The second-order valence-electron chi connectivity index (χ2n) is 4.54. The number of ketones is 1. The van der Waals surface area contributed by atoms with Crippen molar-refractivity contribution in [1.29, 1.82) is 0 Å². The van der Waals surface area contributed by atoms with E-state index in [2.05, 4.69) is 4.98 Å². The van der Waals surface area contributed by atoms with Gasteiger partial charge in [0.05, 0.1) is 7.11 Å². The van der Waals surface area contributed by atoms with Gasteiger partial charge in [-0.05, 0) is 30.3 Å². The third-order valence-electron chi connectivity index (χ3n) is 3.31. The summed E-state index contributed by atoms with van der Waals surface area (Å²) in [5, 5.41) is 0.408. The third kappa shape index (κ3) is 2.16. The van der Waals surface area contributed by atoms with Gasteiger partial charge in [0, 0.05) is 22.7 Å². The van der Waals surface area contributed by atoms with Crippen LogP contribution in [0.5, 0.6) is 5.75 Å². The highest BCUT2D eigenvalue weighted by Crippen LogP contribution is 2.28. The number of hydrogen-bond donors (Lipinski definition) is 1. The Labute approximate surface area is 119 Å². The molecule has 1 heterocycles. The summed E-state index contributed by atoms with van der Waals surface area (Å²) in [5.41, 5.74) is 0.646. The molecule has 1 aromatic heterocycles. The molecule has 0 aliphatic heterocycles. The van der Waals surface area contributed by atoms with Crippen LogP contribution in [0.15, 0.2) is 42.6 Å². The molecule has 1 N–H and O–H groups in total. The Kier molecular flexibility index (Phi) is 3.17. The first kappa shape index (κ1) is 13.3. The molecule has 106 valence electrons. The van der Waals surface area contributed by atoms with Crippen LogP contribution in [0, 0.1) is 11.6 Å². The number of rotatable bonds is 3. The lowest BCUT2D eigenvalue weighted by Crippen LogP contribution is -2.06. The van der Waals surface area contributed by atoms with Crippen LogP contribution in [-0.2, 0) is 0 Å². The van der Waals surface area contributed by atoms with Gasteiger partial charge in [0.25, 0.3) is 0 Å². The minimum Gasteiger partial charge on any atom is -0.496 e. The van der Waals surface area contributed by atoms with Crippen molar-refractivity contribution in [2.45, 2.75) is 0 Å². The van der Waals surface area contributed by atoms with Crippen molar-refractivity contribution in [2.24, 2.45) is 0 Å². The average molecular weight is 287 g/mol. The number of halogens is 2. The molecule has 0 spiro atoms. The van der Waals surface area contributed by atoms with E-state index in [0.717, 1.165) is 0 Å². The van der Waals surface area contributed by atoms with Crippen molar-refractivity contribution < 1.29 is 18.3 Å². The van der Waals surface area contributed by atoms with Gasteiger partial charge in [-0.25, -0.2) is 8.78 Å². The largest absolute Gasteiger partial charge is 0.496 e. The molecule has 0 aliphatic rings. The van der Waals surface area contributed by atoms with E-state index in [0.29, 0.717) is 10.9 Å². The maximum absolute atomic E-state index is 14.0. The van der Waals surface area contributed by atoms with E-state index < -0.39 is 17.4 Å². The SMILES string of the molecule is COc1cccc(F)c1C(=O)c1c[nH]c2ccc(F)cc12. The zero-order valence-electron chi connectivity index (χ0n) is 11.1. The first-order valence-electron chi connectivity index (χ1n) is 6.25. The number of methoxy groups -OCH3 is 1. The van der Waals surface area contributed by atoms with E-state index in [1.54, 1.807) is 0 Å². The highest BCUT2D eigenvalue weighted by Gasteiger charge is 2.22. The molecule has 0 radical (unpaired) electrons. The fourth-order valence-corrected chi connectivity index (χ4v) is 2.31. The highest BCUT2D eigenvalue weighted by molar-refractivity contribution is 6.17. The predicted molar refractivity (Wildman–Crippen MR) is 74.6 cm³/mol. The van der Waals surface area contributed by atoms with Gasteiger partial charge in [-0.2, -0.15) is 0 Å². The van der Waals surface area contributed by atoms with Crippen molar-refractivity contribution in [1.82, 2.24) is 4.98 Å². The number of ether oxygens (including phenoxy) is 1. The van der Waals surface area contributed by atoms with E-state index in [4.69, 9.17) is 4.74 Å². The zero-order chi connectivity index (χ0) is 15.0. The number of carbonyl (C=O) groups is 1. The predicted octanol–water partition coefficient (Wildman–Crippen LogP) is 3.69. The van der Waals surface area contributed by atoms with Gasteiger partial charge in [-0.3, -0.25) is 4.79 Å². The van der Waals surface area contributed by atoms with Crippen molar-refractivity contribution >= 4 is 16.7 Å². The standard InChI is InChI=1S/C16H11F2NO2/c1-21-14-4-2-3-12(18)15(14)16(20)11-8-19-13-6-5-9(17)7-10(11)13/h2-8,19H,1H3. The summed E-state index contributed by atoms with van der Waals surface area (Å²) in [6, 6.07) is 8.21. The summed E-state index contributed by atoms with van der Waals surface area (Å²) < 4.78 is 32.4. The zero-order valence-corrected chi connectivity index (χ0v) is 11.1. The summed E-state index contributed by atoms with van der Waals surface area (Å²) in [6.45, 7) is 0. The van der Waals surface area contributed by atoms with Crippen LogP contribution in [0.3, 0.4) is 0 Å². The van der Waals surface area contributed by atoms with Crippen LogP contribution in [0.1, 0.15) is 15.9 Å². The Bertz CT molecular complexity index is 839.